The van der Waals surface area contributed by atoms with Crippen LogP contribution in [-0.2, 0) is 17.6 Å². The molecule has 5 nitrogen and oxygen atoms in total. The van der Waals surface area contributed by atoms with Crippen molar-refractivity contribution in [1.82, 2.24) is 9.97 Å². The highest BCUT2D eigenvalue weighted by atomic mass is 16.5. The highest BCUT2D eigenvalue weighted by molar-refractivity contribution is 5.66. The fourth-order valence-corrected chi connectivity index (χ4v) is 2.08. The van der Waals surface area contributed by atoms with Gasteiger partial charge < -0.3 is 15.8 Å². The van der Waals surface area contributed by atoms with E-state index in [0.717, 1.165) is 29.9 Å². The molecule has 1 heterocycles. The van der Waals surface area contributed by atoms with Crippen molar-refractivity contribution in [2.75, 3.05) is 24.8 Å². The van der Waals surface area contributed by atoms with Crippen LogP contribution in [0.5, 0.6) is 0 Å². The molecule has 0 amide bonds. The topological polar surface area (TPSA) is 73.1 Å². The van der Waals surface area contributed by atoms with Crippen molar-refractivity contribution in [1.29, 1.82) is 0 Å². The van der Waals surface area contributed by atoms with Crippen LogP contribution >= 0.6 is 0 Å². The number of rotatable bonds is 6. The van der Waals surface area contributed by atoms with Gasteiger partial charge in [0.15, 0.2) is 0 Å². The van der Waals surface area contributed by atoms with Crippen molar-refractivity contribution in [3.63, 3.8) is 0 Å². The SMILES string of the molecule is CCc1c(N)ncnc1Nc1ccccc1CCOC. The summed E-state index contributed by atoms with van der Waals surface area (Å²) in [6.45, 7) is 2.72. The van der Waals surface area contributed by atoms with Crippen LogP contribution in [0, 0.1) is 0 Å². The van der Waals surface area contributed by atoms with Crippen LogP contribution in [0.4, 0.5) is 17.3 Å². The highest BCUT2D eigenvalue weighted by Crippen LogP contribution is 2.24. The first-order chi connectivity index (χ1) is 9.76. The number of benzene rings is 1. The summed E-state index contributed by atoms with van der Waals surface area (Å²) in [5.74, 6) is 1.30. The lowest BCUT2D eigenvalue weighted by Gasteiger charge is -2.14. The Morgan fingerprint density at radius 1 is 1.25 bits per heavy atom. The van der Waals surface area contributed by atoms with Crippen LogP contribution in [0.25, 0.3) is 0 Å². The summed E-state index contributed by atoms with van der Waals surface area (Å²) in [6.07, 6.45) is 3.12. The molecule has 2 rings (SSSR count). The minimum atomic E-state index is 0.527. The molecule has 0 aliphatic heterocycles. The molecular formula is C15H20N4O. The van der Waals surface area contributed by atoms with Crippen LogP contribution in [0.15, 0.2) is 30.6 Å². The van der Waals surface area contributed by atoms with Gasteiger partial charge in [0.05, 0.1) is 6.61 Å². The number of nitrogen functional groups attached to an aromatic ring is 1. The maximum atomic E-state index is 5.89. The van der Waals surface area contributed by atoms with E-state index in [9.17, 15) is 0 Å². The molecule has 0 radical (unpaired) electrons. The van der Waals surface area contributed by atoms with Gasteiger partial charge in [0, 0.05) is 18.4 Å². The molecule has 0 fully saturated rings. The van der Waals surface area contributed by atoms with Gasteiger partial charge in [-0.2, -0.15) is 0 Å². The number of anilines is 3. The van der Waals surface area contributed by atoms with E-state index in [1.165, 1.54) is 11.9 Å². The van der Waals surface area contributed by atoms with Gasteiger partial charge in [-0.3, -0.25) is 0 Å². The zero-order chi connectivity index (χ0) is 14.4. The van der Waals surface area contributed by atoms with E-state index in [4.69, 9.17) is 10.5 Å². The number of nitrogens with one attached hydrogen (secondary N) is 1. The second kappa shape index (κ2) is 6.86. The summed E-state index contributed by atoms with van der Waals surface area (Å²) in [4.78, 5) is 8.32. The number of methoxy groups -OCH3 is 1. The normalized spacial score (nSPS) is 10.5. The Kier molecular flexibility index (Phi) is 4.90. The average Bonchev–Trinajstić information content (AvgIpc) is 2.47. The Hall–Kier alpha value is -2.14. The summed E-state index contributed by atoms with van der Waals surface area (Å²) >= 11 is 0. The van der Waals surface area contributed by atoms with Gasteiger partial charge in [-0.1, -0.05) is 25.1 Å². The van der Waals surface area contributed by atoms with Crippen molar-refractivity contribution in [3.8, 4) is 0 Å². The average molecular weight is 272 g/mol. The number of nitrogens with two attached hydrogens (primary N) is 1. The molecule has 1 aromatic carbocycles. The predicted octanol–water partition coefficient (Wildman–Crippen LogP) is 2.55. The Bertz CT molecular complexity index is 572. The summed E-state index contributed by atoms with van der Waals surface area (Å²) < 4.78 is 5.14. The third kappa shape index (κ3) is 3.24. The molecular weight excluding hydrogens is 252 g/mol. The first kappa shape index (κ1) is 14.3. The lowest BCUT2D eigenvalue weighted by molar-refractivity contribution is 0.202. The van der Waals surface area contributed by atoms with Crippen LogP contribution in [0.2, 0.25) is 0 Å². The van der Waals surface area contributed by atoms with Crippen LogP contribution < -0.4 is 11.1 Å². The molecule has 0 bridgehead atoms. The van der Waals surface area contributed by atoms with Gasteiger partial charge in [-0.25, -0.2) is 9.97 Å². The third-order valence-corrected chi connectivity index (χ3v) is 3.18. The maximum absolute atomic E-state index is 5.89. The van der Waals surface area contributed by atoms with Crippen molar-refractivity contribution >= 4 is 17.3 Å². The number of nitrogens with zero attached hydrogens (tertiary/aromatic N) is 2. The summed E-state index contributed by atoms with van der Waals surface area (Å²) in [7, 11) is 1.70. The minimum Gasteiger partial charge on any atom is -0.384 e. The molecule has 0 saturated heterocycles. The molecule has 106 valence electrons. The Labute approximate surface area is 119 Å². The lowest BCUT2D eigenvalue weighted by atomic mass is 10.1. The van der Waals surface area contributed by atoms with Crippen molar-refractivity contribution in [2.45, 2.75) is 19.8 Å². The van der Waals surface area contributed by atoms with Crippen LogP contribution in [-0.4, -0.2) is 23.7 Å². The van der Waals surface area contributed by atoms with E-state index < -0.39 is 0 Å². The molecule has 0 saturated carbocycles. The number of para-hydroxylation sites is 1. The van der Waals surface area contributed by atoms with Gasteiger partial charge >= 0.3 is 0 Å². The van der Waals surface area contributed by atoms with E-state index in [-0.39, 0.29) is 0 Å². The number of ether oxygens (including phenoxy) is 1. The van der Waals surface area contributed by atoms with E-state index in [1.807, 2.05) is 25.1 Å². The standard InChI is InChI=1S/C15H20N4O/c1-3-12-14(16)17-10-18-15(12)19-13-7-5-4-6-11(13)8-9-20-2/h4-7,10H,3,8-9H2,1-2H3,(H3,16,17,18,19). The van der Waals surface area contributed by atoms with E-state index >= 15 is 0 Å². The Morgan fingerprint density at radius 3 is 2.80 bits per heavy atom. The molecule has 2 aromatic rings. The molecule has 0 atom stereocenters. The summed E-state index contributed by atoms with van der Waals surface area (Å²) in [6, 6.07) is 8.13. The first-order valence-corrected chi connectivity index (χ1v) is 6.69. The minimum absolute atomic E-state index is 0.527. The monoisotopic (exact) mass is 272 g/mol. The van der Waals surface area contributed by atoms with Crippen molar-refractivity contribution < 1.29 is 4.74 Å². The summed E-state index contributed by atoms with van der Waals surface area (Å²) in [5, 5.41) is 3.36. The molecule has 20 heavy (non-hydrogen) atoms. The zero-order valence-electron chi connectivity index (χ0n) is 11.9. The summed E-state index contributed by atoms with van der Waals surface area (Å²) in [5.41, 5.74) is 9.05. The van der Waals surface area contributed by atoms with Gasteiger partial charge in [-0.15, -0.1) is 0 Å². The van der Waals surface area contributed by atoms with Crippen molar-refractivity contribution in [2.24, 2.45) is 0 Å². The Balaban J connectivity index is 2.28. The molecule has 0 aliphatic rings. The first-order valence-electron chi connectivity index (χ1n) is 6.69. The van der Waals surface area contributed by atoms with Crippen LogP contribution in [0.3, 0.4) is 0 Å². The molecule has 0 spiro atoms. The van der Waals surface area contributed by atoms with Gasteiger partial charge in [0.2, 0.25) is 0 Å². The smallest absolute Gasteiger partial charge is 0.139 e. The largest absolute Gasteiger partial charge is 0.384 e. The van der Waals surface area contributed by atoms with Gasteiger partial charge in [0.25, 0.3) is 0 Å². The van der Waals surface area contributed by atoms with Gasteiger partial charge in [-0.05, 0) is 24.5 Å². The van der Waals surface area contributed by atoms with Gasteiger partial charge in [0.1, 0.15) is 18.0 Å². The third-order valence-electron chi connectivity index (χ3n) is 3.18. The highest BCUT2D eigenvalue weighted by Gasteiger charge is 2.09. The number of hydrogen-bond acceptors (Lipinski definition) is 5. The van der Waals surface area contributed by atoms with Crippen LogP contribution in [0.1, 0.15) is 18.1 Å². The quantitative estimate of drug-likeness (QED) is 0.845. The number of hydrogen-bond donors (Lipinski definition) is 2. The molecule has 5 heteroatoms. The molecule has 0 aliphatic carbocycles. The zero-order valence-corrected chi connectivity index (χ0v) is 11.9. The maximum Gasteiger partial charge on any atom is 0.139 e. The van der Waals surface area contributed by atoms with Crippen molar-refractivity contribution in [3.05, 3.63) is 41.7 Å². The molecule has 1 aromatic heterocycles. The van der Waals surface area contributed by atoms with E-state index in [1.54, 1.807) is 7.11 Å². The second-order valence-corrected chi connectivity index (χ2v) is 4.46. The van der Waals surface area contributed by atoms with E-state index in [2.05, 4.69) is 21.4 Å². The lowest BCUT2D eigenvalue weighted by Crippen LogP contribution is -2.06. The Morgan fingerprint density at radius 2 is 2.05 bits per heavy atom. The predicted molar refractivity (Wildman–Crippen MR) is 81.1 cm³/mol. The number of aromatic nitrogens is 2. The fraction of sp³-hybridized carbons (Fsp3) is 0.333. The fourth-order valence-electron chi connectivity index (χ4n) is 2.08. The van der Waals surface area contributed by atoms with E-state index in [0.29, 0.717) is 12.4 Å². The molecule has 0 unspecified atom stereocenters. The molecule has 3 N–H and O–H groups in total. The second-order valence-electron chi connectivity index (χ2n) is 4.46.